The van der Waals surface area contributed by atoms with Gasteiger partial charge in [0.2, 0.25) is 0 Å². The van der Waals surface area contributed by atoms with Crippen molar-refractivity contribution in [1.82, 2.24) is 4.90 Å². The maximum Gasteiger partial charge on any atom is 0.135 e. The Morgan fingerprint density at radius 1 is 1.00 bits per heavy atom. The summed E-state index contributed by atoms with van der Waals surface area (Å²) in [5, 5.41) is 11.1. The largest absolute Gasteiger partial charge is 0.465 e. The Morgan fingerprint density at radius 2 is 1.56 bits per heavy atom. The van der Waals surface area contributed by atoms with E-state index in [-0.39, 0.29) is 0 Å². The van der Waals surface area contributed by atoms with E-state index >= 15 is 0 Å². The molecule has 0 spiro atoms. The molecule has 0 unspecified atom stereocenters. The van der Waals surface area contributed by atoms with Gasteiger partial charge in [0.15, 0.2) is 0 Å². The fourth-order valence-corrected chi connectivity index (χ4v) is 3.16. The Balaban J connectivity index is 2.12. The lowest BCUT2D eigenvalue weighted by Gasteiger charge is -2.26. The molecule has 0 bridgehead atoms. The van der Waals surface area contributed by atoms with Gasteiger partial charge in [0.25, 0.3) is 0 Å². The van der Waals surface area contributed by atoms with E-state index in [1.54, 1.807) is 0 Å². The van der Waals surface area contributed by atoms with Gasteiger partial charge in [-0.15, -0.1) is 13.2 Å². The average Bonchev–Trinajstić information content (AvgIpc) is 3.27. The summed E-state index contributed by atoms with van der Waals surface area (Å²) in [6.45, 7) is 15.2. The number of hydrogen-bond acceptors (Lipinski definition) is 4. The predicted octanol–water partition coefficient (Wildman–Crippen LogP) is 5.71. The molecule has 2 rings (SSSR count). The molecule has 0 aliphatic rings. The van der Waals surface area contributed by atoms with Crippen LogP contribution in [-0.2, 0) is 18.7 Å². The molecule has 0 fully saturated rings. The molecule has 0 aliphatic carbocycles. The van der Waals surface area contributed by atoms with Gasteiger partial charge >= 0.3 is 0 Å². The molecular weight excluding hydrogens is 338 g/mol. The van der Waals surface area contributed by atoms with E-state index in [1.807, 2.05) is 43.3 Å². The fraction of sp³-hybridized carbons (Fsp3) is 0.478. The number of aliphatic hydroxyl groups is 1. The first-order valence-electron chi connectivity index (χ1n) is 9.70. The molecule has 2 aromatic rings. The van der Waals surface area contributed by atoms with Crippen molar-refractivity contribution in [2.45, 2.75) is 71.2 Å². The molecule has 1 N–H and O–H groups in total. The van der Waals surface area contributed by atoms with Crippen LogP contribution in [0.15, 0.2) is 58.4 Å². The van der Waals surface area contributed by atoms with Gasteiger partial charge in [-0.05, 0) is 70.7 Å². The molecule has 4 heteroatoms. The van der Waals surface area contributed by atoms with Crippen LogP contribution in [0.1, 0.15) is 62.6 Å². The lowest BCUT2D eigenvalue weighted by molar-refractivity contribution is -0.00237. The highest BCUT2D eigenvalue weighted by atomic mass is 16.4. The molecule has 0 amide bonds. The van der Waals surface area contributed by atoms with E-state index in [9.17, 15) is 5.11 Å². The van der Waals surface area contributed by atoms with Gasteiger partial charge in [-0.25, -0.2) is 0 Å². The summed E-state index contributed by atoms with van der Waals surface area (Å²) in [6, 6.07) is 8.20. The number of aryl methyl sites for hydroxylation is 1. The highest BCUT2D eigenvalue weighted by Gasteiger charge is 2.31. The van der Waals surface area contributed by atoms with Crippen LogP contribution < -0.4 is 0 Å². The highest BCUT2D eigenvalue weighted by molar-refractivity contribution is 5.15. The van der Waals surface area contributed by atoms with E-state index in [1.165, 1.54) is 0 Å². The van der Waals surface area contributed by atoms with Crippen molar-refractivity contribution in [1.29, 1.82) is 0 Å². The van der Waals surface area contributed by atoms with E-state index in [2.05, 4.69) is 31.9 Å². The third kappa shape index (κ3) is 5.98. The molecule has 4 nitrogen and oxygen atoms in total. The Bertz CT molecular complexity index is 714. The van der Waals surface area contributed by atoms with Crippen molar-refractivity contribution >= 4 is 0 Å². The molecule has 0 saturated carbocycles. The quantitative estimate of drug-likeness (QED) is 0.485. The van der Waals surface area contributed by atoms with Crippen LogP contribution in [0.25, 0.3) is 0 Å². The van der Waals surface area contributed by atoms with Crippen LogP contribution in [-0.4, -0.2) is 16.0 Å². The maximum absolute atomic E-state index is 11.1. The van der Waals surface area contributed by atoms with Crippen molar-refractivity contribution < 1.29 is 13.9 Å². The van der Waals surface area contributed by atoms with Crippen molar-refractivity contribution in [3.63, 3.8) is 0 Å². The minimum absolute atomic E-state index is 0.337. The number of rotatable bonds is 12. The molecule has 2 aromatic heterocycles. The van der Waals surface area contributed by atoms with Gasteiger partial charge in [0.1, 0.15) is 28.6 Å². The normalized spacial score (nSPS) is 12.1. The smallest absolute Gasteiger partial charge is 0.135 e. The van der Waals surface area contributed by atoms with E-state index < -0.39 is 5.60 Å². The molecule has 0 atom stereocenters. The topological polar surface area (TPSA) is 49.8 Å². The van der Waals surface area contributed by atoms with Gasteiger partial charge < -0.3 is 13.9 Å². The van der Waals surface area contributed by atoms with Crippen molar-refractivity contribution in [2.24, 2.45) is 0 Å². The second-order valence-electron chi connectivity index (χ2n) is 7.46. The van der Waals surface area contributed by atoms with Gasteiger partial charge in [0.05, 0.1) is 13.1 Å². The predicted molar refractivity (Wildman–Crippen MR) is 109 cm³/mol. The van der Waals surface area contributed by atoms with Gasteiger partial charge in [-0.2, -0.15) is 0 Å². The van der Waals surface area contributed by atoms with E-state index in [4.69, 9.17) is 8.83 Å². The highest BCUT2D eigenvalue weighted by Crippen LogP contribution is 2.33. The molecule has 0 aliphatic heterocycles. The summed E-state index contributed by atoms with van der Waals surface area (Å²) in [5.41, 5.74) is -0.985. The SMILES string of the molecule is C=CCCC(O)(CCC=C)c1ccc(CN(Cc2ccc(C)o2)C(C)C)o1. The van der Waals surface area contributed by atoms with Crippen molar-refractivity contribution in [3.8, 4) is 0 Å². The van der Waals surface area contributed by atoms with Crippen molar-refractivity contribution in [3.05, 3.63) is 72.6 Å². The molecule has 0 saturated heterocycles. The average molecular weight is 372 g/mol. The van der Waals surface area contributed by atoms with E-state index in [0.717, 1.165) is 36.7 Å². The summed E-state index contributed by atoms with van der Waals surface area (Å²) < 4.78 is 11.8. The second-order valence-corrected chi connectivity index (χ2v) is 7.46. The minimum atomic E-state index is -0.985. The number of allylic oxidation sites excluding steroid dienone is 2. The summed E-state index contributed by atoms with van der Waals surface area (Å²) in [4.78, 5) is 2.29. The van der Waals surface area contributed by atoms with Gasteiger partial charge in [-0.1, -0.05) is 12.2 Å². The van der Waals surface area contributed by atoms with Gasteiger partial charge in [-0.3, -0.25) is 4.90 Å². The third-order valence-electron chi connectivity index (χ3n) is 4.89. The van der Waals surface area contributed by atoms with Crippen molar-refractivity contribution in [2.75, 3.05) is 0 Å². The molecule has 0 radical (unpaired) electrons. The van der Waals surface area contributed by atoms with Crippen LogP contribution in [0.3, 0.4) is 0 Å². The Kier molecular flexibility index (Phi) is 7.69. The van der Waals surface area contributed by atoms with Crippen LogP contribution in [0.4, 0.5) is 0 Å². The lowest BCUT2D eigenvalue weighted by Crippen LogP contribution is -2.29. The number of hydrogen-bond donors (Lipinski definition) is 1. The Morgan fingerprint density at radius 3 is 2.04 bits per heavy atom. The molecule has 27 heavy (non-hydrogen) atoms. The van der Waals surface area contributed by atoms with Crippen LogP contribution >= 0.6 is 0 Å². The molecule has 0 aromatic carbocycles. The van der Waals surface area contributed by atoms with Crippen LogP contribution in [0, 0.1) is 6.92 Å². The first kappa shape index (κ1) is 21.3. The van der Waals surface area contributed by atoms with E-state index in [0.29, 0.717) is 31.2 Å². The zero-order valence-corrected chi connectivity index (χ0v) is 16.9. The Labute approximate surface area is 163 Å². The standard InChI is InChI=1S/C23H33NO3/c1-6-8-14-23(25,15-9-7-2)22-13-12-21(27-22)17-24(18(3)4)16-20-11-10-19(5)26-20/h6-7,10-13,18,25H,1-2,8-9,14-17H2,3-5H3. The van der Waals surface area contributed by atoms with Crippen LogP contribution in [0.2, 0.25) is 0 Å². The van der Waals surface area contributed by atoms with Crippen LogP contribution in [0.5, 0.6) is 0 Å². The molecule has 2 heterocycles. The molecule has 148 valence electrons. The maximum atomic E-state index is 11.1. The summed E-state index contributed by atoms with van der Waals surface area (Å²) in [5.74, 6) is 3.33. The Hall–Kier alpha value is -2.04. The first-order valence-corrected chi connectivity index (χ1v) is 9.70. The monoisotopic (exact) mass is 371 g/mol. The first-order chi connectivity index (χ1) is 12.9. The molecular formula is C23H33NO3. The zero-order valence-electron chi connectivity index (χ0n) is 16.9. The minimum Gasteiger partial charge on any atom is -0.465 e. The summed E-state index contributed by atoms with van der Waals surface area (Å²) in [6.07, 6.45) is 6.32. The van der Waals surface area contributed by atoms with Gasteiger partial charge in [0, 0.05) is 6.04 Å². The third-order valence-corrected chi connectivity index (χ3v) is 4.89. The number of furan rings is 2. The lowest BCUT2D eigenvalue weighted by atomic mass is 9.89. The number of nitrogens with zero attached hydrogens (tertiary/aromatic N) is 1. The summed E-state index contributed by atoms with van der Waals surface area (Å²) >= 11 is 0. The zero-order chi connectivity index (χ0) is 19.9. The summed E-state index contributed by atoms with van der Waals surface area (Å²) in [7, 11) is 0. The fourth-order valence-electron chi connectivity index (χ4n) is 3.16. The second kappa shape index (κ2) is 9.77.